The molecule has 2 aromatic carbocycles. The average Bonchev–Trinajstić information content (AvgIpc) is 2.82. The van der Waals surface area contributed by atoms with Gasteiger partial charge in [0, 0.05) is 25.6 Å². The summed E-state index contributed by atoms with van der Waals surface area (Å²) in [6.07, 6.45) is 2.94. The molecule has 0 heterocycles. The first-order valence-corrected chi connectivity index (χ1v) is 14.5. The number of sulfonamides is 1. The number of nitrogens with one attached hydrogen (secondary N) is 1. The maximum Gasteiger partial charge on any atom is 0.243 e. The lowest BCUT2D eigenvalue weighted by Gasteiger charge is -2.32. The summed E-state index contributed by atoms with van der Waals surface area (Å²) >= 11 is 0. The van der Waals surface area contributed by atoms with Gasteiger partial charge in [0.1, 0.15) is 6.04 Å². The van der Waals surface area contributed by atoms with E-state index in [1.54, 1.807) is 17.0 Å². The maximum atomic E-state index is 13.5. The number of amides is 2. The van der Waals surface area contributed by atoms with Gasteiger partial charge >= 0.3 is 0 Å². The molecule has 0 aliphatic rings. The van der Waals surface area contributed by atoms with Crippen LogP contribution in [0.1, 0.15) is 63.1 Å². The smallest absolute Gasteiger partial charge is 0.243 e. The van der Waals surface area contributed by atoms with Crippen molar-refractivity contribution in [2.75, 3.05) is 17.1 Å². The minimum atomic E-state index is -3.52. The quantitative estimate of drug-likeness (QED) is 0.423. The summed E-state index contributed by atoms with van der Waals surface area (Å²) in [4.78, 5) is 28.2. The van der Waals surface area contributed by atoms with Crippen molar-refractivity contribution in [3.8, 4) is 0 Å². The van der Waals surface area contributed by atoms with E-state index in [1.165, 1.54) is 10.6 Å². The zero-order valence-corrected chi connectivity index (χ0v) is 23.3. The van der Waals surface area contributed by atoms with Crippen molar-refractivity contribution in [2.45, 2.75) is 78.9 Å². The molecule has 2 atom stereocenters. The van der Waals surface area contributed by atoms with Crippen LogP contribution < -0.4 is 9.62 Å². The van der Waals surface area contributed by atoms with Crippen LogP contribution in [0.4, 0.5) is 5.69 Å². The molecule has 2 rings (SSSR count). The number of benzene rings is 2. The third-order valence-electron chi connectivity index (χ3n) is 6.40. The first-order chi connectivity index (χ1) is 17.0. The van der Waals surface area contributed by atoms with Crippen molar-refractivity contribution in [1.29, 1.82) is 0 Å². The van der Waals surface area contributed by atoms with Crippen LogP contribution in [-0.4, -0.2) is 50.0 Å². The number of carbonyl (C=O) groups excluding carboxylic acids is 2. The van der Waals surface area contributed by atoms with Gasteiger partial charge < -0.3 is 10.2 Å². The van der Waals surface area contributed by atoms with E-state index in [2.05, 4.69) is 5.32 Å². The second-order valence-electron chi connectivity index (χ2n) is 9.47. The fourth-order valence-corrected chi connectivity index (χ4v) is 5.10. The Morgan fingerprint density at radius 2 is 1.61 bits per heavy atom. The molecule has 0 bridgehead atoms. The van der Waals surface area contributed by atoms with E-state index in [1.807, 2.05) is 71.0 Å². The molecule has 0 saturated carbocycles. The Morgan fingerprint density at radius 3 is 2.17 bits per heavy atom. The van der Waals surface area contributed by atoms with Gasteiger partial charge in [0.2, 0.25) is 21.8 Å². The van der Waals surface area contributed by atoms with Crippen molar-refractivity contribution in [3.63, 3.8) is 0 Å². The van der Waals surface area contributed by atoms with Crippen LogP contribution in [0, 0.1) is 13.8 Å². The molecule has 1 N–H and O–H groups in total. The largest absolute Gasteiger partial charge is 0.352 e. The first kappa shape index (κ1) is 29.4. The van der Waals surface area contributed by atoms with Crippen LogP contribution in [0.5, 0.6) is 0 Å². The highest BCUT2D eigenvalue weighted by Gasteiger charge is 2.29. The van der Waals surface area contributed by atoms with Crippen LogP contribution in [0.15, 0.2) is 48.5 Å². The lowest BCUT2D eigenvalue weighted by molar-refractivity contribution is -0.141. The minimum Gasteiger partial charge on any atom is -0.352 e. The Balaban J connectivity index is 2.23. The van der Waals surface area contributed by atoms with Crippen molar-refractivity contribution < 1.29 is 18.0 Å². The number of anilines is 1. The molecule has 0 saturated heterocycles. The molecule has 0 aliphatic heterocycles. The molecule has 7 nitrogen and oxygen atoms in total. The highest BCUT2D eigenvalue weighted by atomic mass is 32.2. The van der Waals surface area contributed by atoms with Gasteiger partial charge in [-0.1, -0.05) is 61.9 Å². The van der Waals surface area contributed by atoms with Gasteiger partial charge in [-0.25, -0.2) is 8.42 Å². The molecule has 0 fully saturated rings. The number of carbonyl (C=O) groups is 2. The van der Waals surface area contributed by atoms with E-state index in [0.29, 0.717) is 25.1 Å². The van der Waals surface area contributed by atoms with Crippen LogP contribution in [0.2, 0.25) is 0 Å². The summed E-state index contributed by atoms with van der Waals surface area (Å²) in [5, 5.41) is 3.01. The second kappa shape index (κ2) is 13.4. The fourth-order valence-electron chi connectivity index (χ4n) is 4.08. The van der Waals surface area contributed by atoms with Crippen molar-refractivity contribution in [2.24, 2.45) is 0 Å². The van der Waals surface area contributed by atoms with E-state index < -0.39 is 16.1 Å². The molecule has 198 valence electrons. The van der Waals surface area contributed by atoms with Crippen LogP contribution >= 0.6 is 0 Å². The Morgan fingerprint density at radius 1 is 0.972 bits per heavy atom. The second-order valence-corrected chi connectivity index (χ2v) is 11.4. The number of aryl methyl sites for hydroxylation is 2. The normalized spacial score (nSPS) is 13.1. The molecule has 2 aromatic rings. The van der Waals surface area contributed by atoms with Crippen LogP contribution in [0.3, 0.4) is 0 Å². The first-order valence-electron chi connectivity index (χ1n) is 12.7. The predicted molar refractivity (Wildman–Crippen MR) is 146 cm³/mol. The summed E-state index contributed by atoms with van der Waals surface area (Å²) in [6, 6.07) is 14.6. The Kier molecular flexibility index (Phi) is 11.0. The van der Waals surface area contributed by atoms with Crippen molar-refractivity contribution in [3.05, 3.63) is 65.2 Å². The molecular weight excluding hydrogens is 474 g/mol. The monoisotopic (exact) mass is 515 g/mol. The summed E-state index contributed by atoms with van der Waals surface area (Å²) in [5.41, 5.74) is 3.53. The van der Waals surface area contributed by atoms with Gasteiger partial charge in [0.25, 0.3) is 0 Å². The zero-order chi connectivity index (χ0) is 26.9. The predicted octanol–water partition coefficient (Wildman–Crippen LogP) is 4.57. The molecule has 0 aliphatic carbocycles. The molecule has 0 radical (unpaired) electrons. The lowest BCUT2D eigenvalue weighted by atomic mass is 10.1. The molecule has 0 spiro atoms. The van der Waals surface area contributed by atoms with E-state index in [9.17, 15) is 18.0 Å². The summed E-state index contributed by atoms with van der Waals surface area (Å²) < 4.78 is 26.4. The summed E-state index contributed by atoms with van der Waals surface area (Å²) in [6.45, 7) is 10.2. The van der Waals surface area contributed by atoms with E-state index >= 15 is 0 Å². The van der Waals surface area contributed by atoms with Gasteiger partial charge in [-0.3, -0.25) is 13.9 Å². The Hall–Kier alpha value is -2.87. The maximum absolute atomic E-state index is 13.5. The van der Waals surface area contributed by atoms with Crippen molar-refractivity contribution >= 4 is 27.5 Å². The van der Waals surface area contributed by atoms with E-state index in [-0.39, 0.29) is 30.8 Å². The van der Waals surface area contributed by atoms with Gasteiger partial charge in [0.15, 0.2) is 0 Å². The van der Waals surface area contributed by atoms with Gasteiger partial charge in [0.05, 0.1) is 11.9 Å². The Labute approximate surface area is 216 Å². The fraction of sp³-hybridized carbons (Fsp3) is 0.500. The van der Waals surface area contributed by atoms with Gasteiger partial charge in [-0.05, 0) is 57.2 Å². The molecule has 0 aromatic heterocycles. The van der Waals surface area contributed by atoms with Gasteiger partial charge in [-0.15, -0.1) is 0 Å². The number of nitrogens with zero attached hydrogens (tertiary/aromatic N) is 2. The summed E-state index contributed by atoms with van der Waals surface area (Å²) in [7, 11) is -3.52. The van der Waals surface area contributed by atoms with Crippen LogP contribution in [0.25, 0.3) is 0 Å². The molecule has 8 heteroatoms. The van der Waals surface area contributed by atoms with Gasteiger partial charge in [-0.2, -0.15) is 0 Å². The topological polar surface area (TPSA) is 86.8 Å². The third kappa shape index (κ3) is 8.36. The number of hydrogen-bond donors (Lipinski definition) is 1. The van der Waals surface area contributed by atoms with E-state index in [4.69, 9.17) is 0 Å². The molecular formula is C28H41N3O4S. The number of para-hydroxylation sites is 1. The molecule has 36 heavy (non-hydrogen) atoms. The SMILES string of the molecule is CC[C@@H](C)NC(=O)[C@@H](CC)N(Cc1ccc(C)cc1)C(=O)CCCN(c1ccccc1C)S(C)(=O)=O. The van der Waals surface area contributed by atoms with Crippen LogP contribution in [-0.2, 0) is 26.2 Å². The third-order valence-corrected chi connectivity index (χ3v) is 7.58. The highest BCUT2D eigenvalue weighted by Crippen LogP contribution is 2.23. The number of rotatable bonds is 13. The average molecular weight is 516 g/mol. The standard InChI is InChI=1S/C28H41N3O4S/c1-7-23(5)29-28(33)25(8-2)30(20-24-17-15-21(3)16-18-24)27(32)14-11-19-31(36(6,34)35)26-13-10-9-12-22(26)4/h9-10,12-13,15-18,23,25H,7-8,11,14,19-20H2,1-6H3,(H,29,33)/t23-,25-/m1/s1. The minimum absolute atomic E-state index is 0.0142. The lowest BCUT2D eigenvalue weighted by Crippen LogP contribution is -2.50. The molecule has 0 unspecified atom stereocenters. The highest BCUT2D eigenvalue weighted by molar-refractivity contribution is 7.92. The summed E-state index contributed by atoms with van der Waals surface area (Å²) in [5.74, 6) is -0.329. The molecule has 2 amide bonds. The zero-order valence-electron chi connectivity index (χ0n) is 22.5. The van der Waals surface area contributed by atoms with Crippen molar-refractivity contribution in [1.82, 2.24) is 10.2 Å². The Bertz CT molecular complexity index is 1120. The number of hydrogen-bond acceptors (Lipinski definition) is 4. The van der Waals surface area contributed by atoms with E-state index in [0.717, 1.165) is 23.1 Å².